The normalized spacial score (nSPS) is 19.9. The maximum atomic E-state index is 5.99. The molecular weight excluding hydrogens is 264 g/mol. The standard InChI is InChI=1S/C16H28N4O/c1-16(2,3)21-15-13(17)8-9-14(18-15)20-10-6-7-12(11-20)19(4)5/h8-9,12H,6-7,10-11,17H2,1-5H3. The first-order chi connectivity index (χ1) is 9.76. The van der Waals surface area contributed by atoms with Gasteiger partial charge in [-0.05, 0) is 59.8 Å². The molecule has 118 valence electrons. The molecular formula is C16H28N4O. The van der Waals surface area contributed by atoms with Crippen molar-refractivity contribution >= 4 is 11.5 Å². The number of anilines is 2. The van der Waals surface area contributed by atoms with E-state index < -0.39 is 0 Å². The number of rotatable bonds is 3. The summed E-state index contributed by atoms with van der Waals surface area (Å²) in [6, 6.07) is 4.45. The van der Waals surface area contributed by atoms with E-state index in [1.54, 1.807) is 0 Å². The molecule has 0 spiro atoms. The Balaban J connectivity index is 2.18. The average Bonchev–Trinajstić information content (AvgIpc) is 2.40. The molecule has 1 unspecified atom stereocenters. The molecule has 0 aromatic carbocycles. The van der Waals surface area contributed by atoms with Crippen molar-refractivity contribution in [2.45, 2.75) is 45.3 Å². The van der Waals surface area contributed by atoms with Gasteiger partial charge in [0.15, 0.2) is 0 Å². The fraction of sp³-hybridized carbons (Fsp3) is 0.688. The van der Waals surface area contributed by atoms with Crippen LogP contribution in [-0.4, -0.2) is 48.7 Å². The number of hydrogen-bond acceptors (Lipinski definition) is 5. The van der Waals surface area contributed by atoms with Gasteiger partial charge in [-0.1, -0.05) is 0 Å². The molecule has 1 aliphatic rings. The third kappa shape index (κ3) is 4.24. The van der Waals surface area contributed by atoms with E-state index in [0.29, 0.717) is 17.6 Å². The van der Waals surface area contributed by atoms with Crippen LogP contribution < -0.4 is 15.4 Å². The van der Waals surface area contributed by atoms with E-state index in [1.165, 1.54) is 12.8 Å². The Morgan fingerprint density at radius 1 is 1.33 bits per heavy atom. The molecule has 2 N–H and O–H groups in total. The number of ether oxygens (including phenoxy) is 1. The van der Waals surface area contributed by atoms with Crippen molar-refractivity contribution in [2.75, 3.05) is 37.8 Å². The zero-order chi connectivity index (χ0) is 15.6. The molecule has 2 rings (SSSR count). The lowest BCUT2D eigenvalue weighted by Gasteiger charge is -2.37. The molecule has 5 nitrogen and oxygen atoms in total. The highest BCUT2D eigenvalue weighted by atomic mass is 16.5. The Morgan fingerprint density at radius 3 is 2.67 bits per heavy atom. The second-order valence-corrected chi connectivity index (χ2v) is 6.98. The minimum Gasteiger partial charge on any atom is -0.470 e. The summed E-state index contributed by atoms with van der Waals surface area (Å²) in [4.78, 5) is 9.25. The van der Waals surface area contributed by atoms with E-state index in [2.05, 4.69) is 28.9 Å². The fourth-order valence-electron chi connectivity index (χ4n) is 2.57. The summed E-state index contributed by atoms with van der Waals surface area (Å²) in [6.07, 6.45) is 2.42. The van der Waals surface area contributed by atoms with Crippen molar-refractivity contribution in [1.29, 1.82) is 0 Å². The highest BCUT2D eigenvalue weighted by molar-refractivity contribution is 5.55. The van der Waals surface area contributed by atoms with E-state index in [4.69, 9.17) is 10.5 Å². The summed E-state index contributed by atoms with van der Waals surface area (Å²) < 4.78 is 5.87. The van der Waals surface area contributed by atoms with Crippen molar-refractivity contribution in [3.8, 4) is 5.88 Å². The van der Waals surface area contributed by atoms with Crippen LogP contribution in [0.1, 0.15) is 33.6 Å². The largest absolute Gasteiger partial charge is 0.470 e. The molecule has 5 heteroatoms. The van der Waals surface area contributed by atoms with Gasteiger partial charge in [-0.15, -0.1) is 0 Å². The molecule has 1 aromatic heterocycles. The molecule has 21 heavy (non-hydrogen) atoms. The van der Waals surface area contributed by atoms with Gasteiger partial charge in [0.05, 0.1) is 5.69 Å². The third-order valence-corrected chi connectivity index (χ3v) is 3.73. The SMILES string of the molecule is CN(C)C1CCCN(c2ccc(N)c(OC(C)(C)C)n2)C1. The lowest BCUT2D eigenvalue weighted by Crippen LogP contribution is -2.45. The number of piperidine rings is 1. The maximum absolute atomic E-state index is 5.99. The zero-order valence-corrected chi connectivity index (χ0v) is 13.9. The Labute approximate surface area is 128 Å². The van der Waals surface area contributed by atoms with Gasteiger partial charge in [-0.3, -0.25) is 0 Å². The fourth-order valence-corrected chi connectivity index (χ4v) is 2.57. The van der Waals surface area contributed by atoms with Gasteiger partial charge in [0, 0.05) is 19.1 Å². The summed E-state index contributed by atoms with van der Waals surface area (Å²) in [5, 5.41) is 0. The predicted molar refractivity (Wildman–Crippen MR) is 88.0 cm³/mol. The maximum Gasteiger partial charge on any atom is 0.239 e. The summed E-state index contributed by atoms with van der Waals surface area (Å²) in [7, 11) is 4.28. The quantitative estimate of drug-likeness (QED) is 0.927. The van der Waals surface area contributed by atoms with E-state index in [9.17, 15) is 0 Å². The van der Waals surface area contributed by atoms with E-state index in [1.807, 2.05) is 32.9 Å². The molecule has 1 aromatic rings. The van der Waals surface area contributed by atoms with Gasteiger partial charge < -0.3 is 20.3 Å². The predicted octanol–water partition coefficient (Wildman–Crippen LogP) is 2.37. The molecule has 1 fully saturated rings. The molecule has 0 saturated carbocycles. The molecule has 0 bridgehead atoms. The smallest absolute Gasteiger partial charge is 0.239 e. The van der Waals surface area contributed by atoms with Gasteiger partial charge in [-0.25, -0.2) is 0 Å². The Morgan fingerprint density at radius 2 is 2.05 bits per heavy atom. The Kier molecular flexibility index (Phi) is 4.61. The number of likely N-dealkylation sites (N-methyl/N-ethyl adjacent to an activating group) is 1. The molecule has 1 atom stereocenters. The van der Waals surface area contributed by atoms with Gasteiger partial charge in [0.2, 0.25) is 5.88 Å². The van der Waals surface area contributed by atoms with Crippen LogP contribution in [0.25, 0.3) is 0 Å². The van der Waals surface area contributed by atoms with Crippen LogP contribution in [-0.2, 0) is 0 Å². The number of nitrogen functional groups attached to an aromatic ring is 1. The van der Waals surface area contributed by atoms with Crippen molar-refractivity contribution < 1.29 is 4.74 Å². The highest BCUT2D eigenvalue weighted by Gasteiger charge is 2.23. The van der Waals surface area contributed by atoms with Crippen LogP contribution in [0.4, 0.5) is 11.5 Å². The minimum atomic E-state index is -0.298. The molecule has 1 saturated heterocycles. The highest BCUT2D eigenvalue weighted by Crippen LogP contribution is 2.28. The molecule has 1 aliphatic heterocycles. The topological polar surface area (TPSA) is 54.6 Å². The van der Waals surface area contributed by atoms with Gasteiger partial charge in [0.25, 0.3) is 0 Å². The van der Waals surface area contributed by atoms with E-state index >= 15 is 0 Å². The molecule has 0 aliphatic carbocycles. The molecule has 0 amide bonds. The first-order valence-corrected chi connectivity index (χ1v) is 7.63. The first-order valence-electron chi connectivity index (χ1n) is 7.63. The molecule has 0 radical (unpaired) electrons. The Bertz CT molecular complexity index is 482. The lowest BCUT2D eigenvalue weighted by molar-refractivity contribution is 0.125. The van der Waals surface area contributed by atoms with Crippen molar-refractivity contribution in [3.63, 3.8) is 0 Å². The summed E-state index contributed by atoms with van der Waals surface area (Å²) in [6.45, 7) is 8.05. The van der Waals surface area contributed by atoms with Crippen LogP contribution in [0.2, 0.25) is 0 Å². The lowest BCUT2D eigenvalue weighted by atomic mass is 10.1. The van der Waals surface area contributed by atoms with Gasteiger partial charge in [-0.2, -0.15) is 4.98 Å². The molecule has 2 heterocycles. The monoisotopic (exact) mass is 292 g/mol. The zero-order valence-electron chi connectivity index (χ0n) is 13.9. The van der Waals surface area contributed by atoms with Gasteiger partial charge in [0.1, 0.15) is 11.4 Å². The number of pyridine rings is 1. The van der Waals surface area contributed by atoms with Crippen molar-refractivity contribution in [3.05, 3.63) is 12.1 Å². The first kappa shape index (κ1) is 15.9. The second kappa shape index (κ2) is 6.10. The number of nitrogens with two attached hydrogens (primary N) is 1. The number of nitrogens with zero attached hydrogens (tertiary/aromatic N) is 3. The van der Waals surface area contributed by atoms with Crippen molar-refractivity contribution in [1.82, 2.24) is 9.88 Å². The Hall–Kier alpha value is -1.49. The van der Waals surface area contributed by atoms with E-state index in [0.717, 1.165) is 18.9 Å². The summed E-state index contributed by atoms with van der Waals surface area (Å²) >= 11 is 0. The van der Waals surface area contributed by atoms with Crippen LogP contribution in [0, 0.1) is 0 Å². The van der Waals surface area contributed by atoms with Crippen LogP contribution in [0.15, 0.2) is 12.1 Å². The van der Waals surface area contributed by atoms with Crippen LogP contribution in [0.3, 0.4) is 0 Å². The average molecular weight is 292 g/mol. The minimum absolute atomic E-state index is 0.298. The number of aromatic nitrogens is 1. The summed E-state index contributed by atoms with van der Waals surface area (Å²) in [5.74, 6) is 1.49. The third-order valence-electron chi connectivity index (χ3n) is 3.73. The van der Waals surface area contributed by atoms with E-state index in [-0.39, 0.29) is 5.60 Å². The van der Waals surface area contributed by atoms with Crippen LogP contribution >= 0.6 is 0 Å². The van der Waals surface area contributed by atoms with Crippen LogP contribution in [0.5, 0.6) is 5.88 Å². The summed E-state index contributed by atoms with van der Waals surface area (Å²) in [5.41, 5.74) is 6.28. The van der Waals surface area contributed by atoms with Crippen molar-refractivity contribution in [2.24, 2.45) is 0 Å². The van der Waals surface area contributed by atoms with Gasteiger partial charge >= 0.3 is 0 Å². The second-order valence-electron chi connectivity index (χ2n) is 6.98. The number of hydrogen-bond donors (Lipinski definition) is 1.